The molecule has 26 heavy (non-hydrogen) atoms. The van der Waals surface area contributed by atoms with Crippen molar-refractivity contribution in [3.05, 3.63) is 58.7 Å². The van der Waals surface area contributed by atoms with E-state index in [0.717, 1.165) is 53.5 Å². The molecule has 2 aromatic carbocycles. The van der Waals surface area contributed by atoms with Crippen LogP contribution in [-0.4, -0.2) is 36.4 Å². The molecule has 1 saturated heterocycles. The lowest BCUT2D eigenvalue weighted by atomic mass is 10.1. The standard InChI is InChI=1S/C21H23NO3S/c1-14-9-15(2)11-17(10-14)21(23)22-6-5-20(26-8-7-22)16-3-4-18-19(12-16)25-13-24-18/h3-4,9-12,20H,5-8,13H2,1-2H3. The van der Waals surface area contributed by atoms with Crippen molar-refractivity contribution in [1.82, 2.24) is 4.90 Å². The third-order valence-corrected chi connectivity index (χ3v) is 6.19. The second-order valence-corrected chi connectivity index (χ2v) is 8.24. The maximum Gasteiger partial charge on any atom is 0.253 e. The van der Waals surface area contributed by atoms with Crippen LogP contribution in [0.15, 0.2) is 36.4 Å². The van der Waals surface area contributed by atoms with Crippen molar-refractivity contribution < 1.29 is 14.3 Å². The van der Waals surface area contributed by atoms with E-state index < -0.39 is 0 Å². The van der Waals surface area contributed by atoms with Crippen molar-refractivity contribution in [2.75, 3.05) is 25.6 Å². The van der Waals surface area contributed by atoms with E-state index in [9.17, 15) is 4.79 Å². The number of nitrogens with zero attached hydrogens (tertiary/aromatic N) is 1. The van der Waals surface area contributed by atoms with E-state index in [1.807, 2.05) is 48.7 Å². The van der Waals surface area contributed by atoms with Gasteiger partial charge in [-0.1, -0.05) is 23.3 Å². The van der Waals surface area contributed by atoms with Gasteiger partial charge in [0.15, 0.2) is 11.5 Å². The van der Waals surface area contributed by atoms with E-state index in [-0.39, 0.29) is 5.91 Å². The summed E-state index contributed by atoms with van der Waals surface area (Å²) in [7, 11) is 0. The van der Waals surface area contributed by atoms with Crippen LogP contribution in [0.3, 0.4) is 0 Å². The lowest BCUT2D eigenvalue weighted by Gasteiger charge is -2.21. The van der Waals surface area contributed by atoms with Crippen LogP contribution in [0.1, 0.15) is 38.7 Å². The van der Waals surface area contributed by atoms with Gasteiger partial charge in [0.1, 0.15) is 0 Å². The van der Waals surface area contributed by atoms with E-state index in [2.05, 4.69) is 18.2 Å². The molecule has 2 aromatic rings. The van der Waals surface area contributed by atoms with Gasteiger partial charge >= 0.3 is 0 Å². The van der Waals surface area contributed by atoms with Gasteiger partial charge in [-0.3, -0.25) is 4.79 Å². The van der Waals surface area contributed by atoms with E-state index in [1.54, 1.807) is 0 Å². The van der Waals surface area contributed by atoms with Gasteiger partial charge in [0.05, 0.1) is 0 Å². The lowest BCUT2D eigenvalue weighted by molar-refractivity contribution is 0.0766. The molecule has 0 radical (unpaired) electrons. The summed E-state index contributed by atoms with van der Waals surface area (Å²) < 4.78 is 10.9. The number of hydrogen-bond donors (Lipinski definition) is 0. The van der Waals surface area contributed by atoms with E-state index in [4.69, 9.17) is 9.47 Å². The van der Waals surface area contributed by atoms with Crippen LogP contribution < -0.4 is 9.47 Å². The van der Waals surface area contributed by atoms with Crippen molar-refractivity contribution in [2.45, 2.75) is 25.5 Å². The van der Waals surface area contributed by atoms with Gasteiger partial charge in [-0.05, 0) is 50.1 Å². The van der Waals surface area contributed by atoms with Crippen LogP contribution in [0.25, 0.3) is 0 Å². The zero-order chi connectivity index (χ0) is 18.1. The molecule has 5 heteroatoms. The minimum atomic E-state index is 0.142. The summed E-state index contributed by atoms with van der Waals surface area (Å²) in [4.78, 5) is 14.9. The Labute approximate surface area is 158 Å². The van der Waals surface area contributed by atoms with Crippen LogP contribution in [0, 0.1) is 13.8 Å². The Kier molecular flexibility index (Phi) is 4.81. The summed E-state index contributed by atoms with van der Waals surface area (Å²) in [6, 6.07) is 12.3. The summed E-state index contributed by atoms with van der Waals surface area (Å²) in [5.74, 6) is 2.73. The lowest BCUT2D eigenvalue weighted by Crippen LogP contribution is -2.33. The zero-order valence-electron chi connectivity index (χ0n) is 15.2. The molecule has 2 aliphatic heterocycles. The molecule has 0 aliphatic carbocycles. The number of carbonyl (C=O) groups is 1. The summed E-state index contributed by atoms with van der Waals surface area (Å²) in [5, 5.41) is 0.376. The average Bonchev–Trinajstić information content (AvgIpc) is 2.95. The highest BCUT2D eigenvalue weighted by atomic mass is 32.2. The molecule has 2 heterocycles. The van der Waals surface area contributed by atoms with Crippen molar-refractivity contribution in [3.63, 3.8) is 0 Å². The second kappa shape index (κ2) is 7.23. The third kappa shape index (κ3) is 3.54. The molecule has 2 aliphatic rings. The zero-order valence-corrected chi connectivity index (χ0v) is 16.0. The van der Waals surface area contributed by atoms with Gasteiger partial charge in [0.2, 0.25) is 6.79 Å². The smallest absolute Gasteiger partial charge is 0.253 e. The number of ether oxygens (including phenoxy) is 2. The summed E-state index contributed by atoms with van der Waals surface area (Å²) in [6.45, 7) is 5.94. The van der Waals surface area contributed by atoms with E-state index >= 15 is 0 Å². The number of hydrogen-bond acceptors (Lipinski definition) is 4. The Hall–Kier alpha value is -2.14. The Bertz CT molecular complexity index is 816. The Morgan fingerprint density at radius 1 is 1.04 bits per heavy atom. The van der Waals surface area contributed by atoms with Gasteiger partial charge in [-0.15, -0.1) is 0 Å². The van der Waals surface area contributed by atoms with Crippen molar-refractivity contribution in [2.24, 2.45) is 0 Å². The minimum absolute atomic E-state index is 0.142. The quantitative estimate of drug-likeness (QED) is 0.789. The first-order valence-corrected chi connectivity index (χ1v) is 10.0. The molecule has 1 amide bonds. The van der Waals surface area contributed by atoms with Crippen molar-refractivity contribution in [3.8, 4) is 11.5 Å². The molecular weight excluding hydrogens is 346 g/mol. The number of aryl methyl sites for hydroxylation is 2. The number of benzene rings is 2. The molecule has 0 spiro atoms. The van der Waals surface area contributed by atoms with Gasteiger partial charge < -0.3 is 14.4 Å². The largest absolute Gasteiger partial charge is 0.454 e. The maximum absolute atomic E-state index is 12.9. The minimum Gasteiger partial charge on any atom is -0.454 e. The second-order valence-electron chi connectivity index (χ2n) is 6.93. The van der Waals surface area contributed by atoms with Crippen LogP contribution in [0.2, 0.25) is 0 Å². The Morgan fingerprint density at radius 3 is 2.62 bits per heavy atom. The van der Waals surface area contributed by atoms with Gasteiger partial charge in [-0.25, -0.2) is 0 Å². The normalized spacial score (nSPS) is 19.3. The first-order chi connectivity index (χ1) is 12.6. The summed E-state index contributed by atoms with van der Waals surface area (Å²) >= 11 is 1.91. The highest BCUT2D eigenvalue weighted by Gasteiger charge is 2.24. The number of carbonyl (C=O) groups excluding carboxylic acids is 1. The van der Waals surface area contributed by atoms with Crippen LogP contribution in [-0.2, 0) is 0 Å². The number of fused-ring (bicyclic) bond motifs is 1. The monoisotopic (exact) mass is 369 g/mol. The molecule has 4 nitrogen and oxygen atoms in total. The molecule has 0 N–H and O–H groups in total. The molecule has 1 fully saturated rings. The fraction of sp³-hybridized carbons (Fsp3) is 0.381. The highest BCUT2D eigenvalue weighted by molar-refractivity contribution is 7.99. The van der Waals surface area contributed by atoms with Gasteiger partial charge in [0.25, 0.3) is 5.91 Å². The molecule has 4 rings (SSSR count). The molecule has 136 valence electrons. The first-order valence-electron chi connectivity index (χ1n) is 8.99. The van der Waals surface area contributed by atoms with Crippen LogP contribution >= 0.6 is 11.8 Å². The van der Waals surface area contributed by atoms with Gasteiger partial charge in [-0.2, -0.15) is 11.8 Å². The van der Waals surface area contributed by atoms with Crippen molar-refractivity contribution >= 4 is 17.7 Å². The first kappa shape index (κ1) is 17.3. The number of amides is 1. The highest BCUT2D eigenvalue weighted by Crippen LogP contribution is 2.40. The maximum atomic E-state index is 12.9. The summed E-state index contributed by atoms with van der Waals surface area (Å²) in [5.41, 5.74) is 4.32. The average molecular weight is 369 g/mol. The fourth-order valence-electron chi connectivity index (χ4n) is 3.63. The third-order valence-electron chi connectivity index (χ3n) is 4.87. The van der Waals surface area contributed by atoms with E-state index in [0.29, 0.717) is 12.0 Å². The van der Waals surface area contributed by atoms with Crippen molar-refractivity contribution in [1.29, 1.82) is 0 Å². The number of rotatable bonds is 2. The molecule has 1 unspecified atom stereocenters. The number of thioether (sulfide) groups is 1. The SMILES string of the molecule is Cc1cc(C)cc(C(=O)N2CCSC(c3ccc4c(c3)OCO4)CC2)c1. The predicted molar refractivity (Wildman–Crippen MR) is 104 cm³/mol. The van der Waals surface area contributed by atoms with Gasteiger partial charge in [0, 0.05) is 29.7 Å². The molecule has 1 atom stereocenters. The fourth-order valence-corrected chi connectivity index (χ4v) is 4.85. The van der Waals surface area contributed by atoms with Crippen LogP contribution in [0.4, 0.5) is 0 Å². The molecule has 0 saturated carbocycles. The molecule has 0 bridgehead atoms. The Morgan fingerprint density at radius 2 is 1.81 bits per heavy atom. The van der Waals surface area contributed by atoms with E-state index in [1.165, 1.54) is 5.56 Å². The molecular formula is C21H23NO3S. The van der Waals surface area contributed by atoms with Crippen LogP contribution in [0.5, 0.6) is 11.5 Å². The molecule has 0 aromatic heterocycles. The topological polar surface area (TPSA) is 38.8 Å². The predicted octanol–water partition coefficient (Wildman–Crippen LogP) is 4.35. The Balaban J connectivity index is 1.47. The summed E-state index contributed by atoms with van der Waals surface area (Å²) in [6.07, 6.45) is 0.945.